The van der Waals surface area contributed by atoms with Gasteiger partial charge in [0.15, 0.2) is 16.6 Å². The van der Waals surface area contributed by atoms with E-state index in [1.807, 2.05) is 36.4 Å². The summed E-state index contributed by atoms with van der Waals surface area (Å²) in [5.41, 5.74) is 9.63. The Hall–Kier alpha value is -2.31. The van der Waals surface area contributed by atoms with Crippen LogP contribution in [0.4, 0.5) is 0 Å². The fourth-order valence-electron chi connectivity index (χ4n) is 1.80. The molecule has 5 nitrogen and oxygen atoms in total. The molecule has 0 unspecified atom stereocenters. The minimum Gasteiger partial charge on any atom is -0.493 e. The standard InChI is InChI=1S/C16H16ClN3O2S/c1-21-14-7-4-12(9-19-20-16(18)23)8-15(14)22-10-11-2-5-13(17)6-3-11/h2-9H,10H2,1H3,(H3,18,20,23)/b19-9-. The van der Waals surface area contributed by atoms with Gasteiger partial charge in [0.25, 0.3) is 0 Å². The molecule has 0 heterocycles. The quantitative estimate of drug-likeness (QED) is 0.476. The normalized spacial score (nSPS) is 10.5. The van der Waals surface area contributed by atoms with Gasteiger partial charge in [-0.1, -0.05) is 23.7 Å². The van der Waals surface area contributed by atoms with E-state index in [0.29, 0.717) is 23.1 Å². The minimum atomic E-state index is 0.106. The third-order valence-electron chi connectivity index (χ3n) is 2.88. The second kappa shape index (κ2) is 8.36. The van der Waals surface area contributed by atoms with Crippen LogP contribution in [0.25, 0.3) is 0 Å². The highest BCUT2D eigenvalue weighted by Crippen LogP contribution is 2.28. The lowest BCUT2D eigenvalue weighted by Gasteiger charge is -2.11. The molecule has 0 spiro atoms. The van der Waals surface area contributed by atoms with Gasteiger partial charge in [-0.05, 0) is 53.7 Å². The molecule has 2 aromatic rings. The molecule has 0 amide bonds. The first kappa shape index (κ1) is 17.1. The summed E-state index contributed by atoms with van der Waals surface area (Å²) in [6.07, 6.45) is 1.59. The van der Waals surface area contributed by atoms with Gasteiger partial charge in [-0.3, -0.25) is 5.43 Å². The highest BCUT2D eigenvalue weighted by molar-refractivity contribution is 7.80. The first-order valence-corrected chi connectivity index (χ1v) is 7.51. The first-order valence-electron chi connectivity index (χ1n) is 6.72. The number of ether oxygens (including phenoxy) is 2. The van der Waals surface area contributed by atoms with E-state index in [-0.39, 0.29) is 5.11 Å². The van der Waals surface area contributed by atoms with Crippen molar-refractivity contribution in [3.63, 3.8) is 0 Å². The van der Waals surface area contributed by atoms with Crippen LogP contribution in [0, 0.1) is 0 Å². The molecule has 0 atom stereocenters. The Labute approximate surface area is 145 Å². The van der Waals surface area contributed by atoms with Crippen LogP contribution in [0.15, 0.2) is 47.6 Å². The fourth-order valence-corrected chi connectivity index (χ4v) is 1.98. The van der Waals surface area contributed by atoms with E-state index in [9.17, 15) is 0 Å². The lowest BCUT2D eigenvalue weighted by Crippen LogP contribution is -2.23. The molecule has 0 aliphatic heterocycles. The summed E-state index contributed by atoms with van der Waals surface area (Å²) < 4.78 is 11.1. The Morgan fingerprint density at radius 1 is 1.26 bits per heavy atom. The highest BCUT2D eigenvalue weighted by atomic mass is 35.5. The van der Waals surface area contributed by atoms with Crippen molar-refractivity contribution in [2.24, 2.45) is 10.8 Å². The number of nitrogens with one attached hydrogen (secondary N) is 1. The highest BCUT2D eigenvalue weighted by Gasteiger charge is 2.06. The maximum atomic E-state index is 5.87. The van der Waals surface area contributed by atoms with Gasteiger partial charge in [-0.25, -0.2) is 0 Å². The Kier molecular flexibility index (Phi) is 6.19. The molecule has 2 rings (SSSR count). The molecule has 23 heavy (non-hydrogen) atoms. The summed E-state index contributed by atoms with van der Waals surface area (Å²) in [6, 6.07) is 12.9. The second-order valence-electron chi connectivity index (χ2n) is 4.56. The van der Waals surface area contributed by atoms with Crippen molar-refractivity contribution in [2.75, 3.05) is 7.11 Å². The molecule has 0 aliphatic rings. The Morgan fingerprint density at radius 2 is 2.00 bits per heavy atom. The zero-order valence-electron chi connectivity index (χ0n) is 12.5. The van der Waals surface area contributed by atoms with E-state index in [0.717, 1.165) is 11.1 Å². The molecule has 0 saturated heterocycles. The Balaban J connectivity index is 2.10. The van der Waals surface area contributed by atoms with Crippen molar-refractivity contribution < 1.29 is 9.47 Å². The predicted molar refractivity (Wildman–Crippen MR) is 96.3 cm³/mol. The molecule has 0 saturated carbocycles. The van der Waals surface area contributed by atoms with Gasteiger partial charge in [0, 0.05) is 5.02 Å². The van der Waals surface area contributed by atoms with E-state index >= 15 is 0 Å². The molecule has 0 fully saturated rings. The summed E-state index contributed by atoms with van der Waals surface area (Å²) in [5, 5.41) is 4.71. The number of benzene rings is 2. The largest absolute Gasteiger partial charge is 0.493 e. The van der Waals surface area contributed by atoms with Gasteiger partial charge >= 0.3 is 0 Å². The third kappa shape index (κ3) is 5.43. The van der Waals surface area contributed by atoms with Crippen molar-refractivity contribution in [1.82, 2.24) is 5.43 Å². The van der Waals surface area contributed by atoms with Gasteiger partial charge in [0.2, 0.25) is 0 Å². The van der Waals surface area contributed by atoms with Crippen LogP contribution >= 0.6 is 23.8 Å². The van der Waals surface area contributed by atoms with Crippen molar-refractivity contribution in [2.45, 2.75) is 6.61 Å². The van der Waals surface area contributed by atoms with Crippen LogP contribution in [-0.2, 0) is 6.61 Å². The SMILES string of the molecule is COc1ccc(/C=N\NC(N)=S)cc1OCc1ccc(Cl)cc1. The van der Waals surface area contributed by atoms with E-state index in [1.54, 1.807) is 19.4 Å². The topological polar surface area (TPSA) is 68.9 Å². The maximum Gasteiger partial charge on any atom is 0.184 e. The molecule has 0 aliphatic carbocycles. The average Bonchev–Trinajstić information content (AvgIpc) is 2.54. The summed E-state index contributed by atoms with van der Waals surface area (Å²) in [5.74, 6) is 1.25. The van der Waals surface area contributed by atoms with Crippen LogP contribution in [0.1, 0.15) is 11.1 Å². The maximum absolute atomic E-state index is 5.87. The number of nitrogens with two attached hydrogens (primary N) is 1. The number of methoxy groups -OCH3 is 1. The van der Waals surface area contributed by atoms with Crippen molar-refractivity contribution in [3.05, 3.63) is 58.6 Å². The number of hydrogen-bond donors (Lipinski definition) is 2. The lowest BCUT2D eigenvalue weighted by atomic mass is 10.2. The number of halogens is 1. The zero-order chi connectivity index (χ0) is 16.7. The lowest BCUT2D eigenvalue weighted by molar-refractivity contribution is 0.284. The van der Waals surface area contributed by atoms with E-state index in [2.05, 4.69) is 22.7 Å². The minimum absolute atomic E-state index is 0.106. The molecular formula is C16H16ClN3O2S. The summed E-state index contributed by atoms with van der Waals surface area (Å²) >= 11 is 10.5. The molecule has 7 heteroatoms. The zero-order valence-corrected chi connectivity index (χ0v) is 14.0. The molecule has 120 valence electrons. The monoisotopic (exact) mass is 349 g/mol. The average molecular weight is 350 g/mol. The molecule has 0 radical (unpaired) electrons. The molecular weight excluding hydrogens is 334 g/mol. The van der Waals surface area contributed by atoms with Crippen LogP contribution in [0.2, 0.25) is 5.02 Å². The molecule has 2 aromatic carbocycles. The number of thiocarbonyl (C=S) groups is 1. The number of nitrogens with zero attached hydrogens (tertiary/aromatic N) is 1. The summed E-state index contributed by atoms with van der Waals surface area (Å²) in [4.78, 5) is 0. The first-order chi connectivity index (χ1) is 11.1. The van der Waals surface area contributed by atoms with Crippen molar-refractivity contribution in [1.29, 1.82) is 0 Å². The second-order valence-corrected chi connectivity index (χ2v) is 5.44. The number of hydrogen-bond acceptors (Lipinski definition) is 4. The number of rotatable bonds is 6. The van der Waals surface area contributed by atoms with E-state index in [4.69, 9.17) is 26.8 Å². The molecule has 0 bridgehead atoms. The Bertz CT molecular complexity index is 705. The van der Waals surface area contributed by atoms with Crippen LogP contribution in [0.5, 0.6) is 11.5 Å². The van der Waals surface area contributed by atoms with Gasteiger partial charge in [-0.15, -0.1) is 0 Å². The van der Waals surface area contributed by atoms with Crippen molar-refractivity contribution in [3.8, 4) is 11.5 Å². The smallest absolute Gasteiger partial charge is 0.184 e. The predicted octanol–water partition coefficient (Wildman–Crippen LogP) is 3.09. The van der Waals surface area contributed by atoms with Crippen LogP contribution in [0.3, 0.4) is 0 Å². The summed E-state index contributed by atoms with van der Waals surface area (Å²) in [7, 11) is 1.59. The van der Waals surface area contributed by atoms with E-state index < -0.39 is 0 Å². The Morgan fingerprint density at radius 3 is 2.65 bits per heavy atom. The molecule has 0 aromatic heterocycles. The van der Waals surface area contributed by atoms with E-state index in [1.165, 1.54) is 0 Å². The number of hydrazone groups is 1. The van der Waals surface area contributed by atoms with Crippen LogP contribution < -0.4 is 20.6 Å². The van der Waals surface area contributed by atoms with Crippen LogP contribution in [-0.4, -0.2) is 18.4 Å². The third-order valence-corrected chi connectivity index (χ3v) is 3.23. The van der Waals surface area contributed by atoms with Gasteiger partial charge < -0.3 is 15.2 Å². The van der Waals surface area contributed by atoms with Gasteiger partial charge in [-0.2, -0.15) is 5.10 Å². The summed E-state index contributed by atoms with van der Waals surface area (Å²) in [6.45, 7) is 0.402. The fraction of sp³-hybridized carbons (Fsp3) is 0.125. The van der Waals surface area contributed by atoms with Gasteiger partial charge in [0.1, 0.15) is 6.61 Å². The van der Waals surface area contributed by atoms with Gasteiger partial charge in [0.05, 0.1) is 13.3 Å². The van der Waals surface area contributed by atoms with Crippen molar-refractivity contribution >= 4 is 35.1 Å². The molecule has 3 N–H and O–H groups in total.